The number of aromatic carboxylic acids is 1. The van der Waals surface area contributed by atoms with Crippen molar-refractivity contribution in [1.82, 2.24) is 9.35 Å². The summed E-state index contributed by atoms with van der Waals surface area (Å²) in [5, 5.41) is 11.4. The minimum Gasteiger partial charge on any atom is -0.477 e. The highest BCUT2D eigenvalue weighted by molar-refractivity contribution is 7.49. The van der Waals surface area contributed by atoms with E-state index >= 15 is 0 Å². The van der Waals surface area contributed by atoms with Crippen LogP contribution in [-0.4, -0.2) is 55.9 Å². The first-order valence-corrected chi connectivity index (χ1v) is 9.22. The summed E-state index contributed by atoms with van der Waals surface area (Å²) >= 11 is 0. The van der Waals surface area contributed by atoms with Crippen LogP contribution in [0.3, 0.4) is 0 Å². The van der Waals surface area contributed by atoms with E-state index in [0.717, 1.165) is 4.67 Å². The number of hydrogen-bond donors (Lipinski definition) is 3. The fraction of sp³-hybridized carbons (Fsp3) is 0.333. The number of carboxylic acids is 1. The molecule has 1 unspecified atom stereocenters. The predicted molar refractivity (Wildman–Crippen MR) is 91.3 cm³/mol. The second kappa shape index (κ2) is 6.27. The lowest BCUT2D eigenvalue weighted by Crippen LogP contribution is -2.54. The lowest BCUT2D eigenvalue weighted by atomic mass is 10.1. The second-order valence-electron chi connectivity index (χ2n) is 5.98. The Hall–Kier alpha value is -2.19. The molecule has 9 nitrogen and oxygen atoms in total. The van der Waals surface area contributed by atoms with E-state index in [0.29, 0.717) is 5.52 Å². The first-order chi connectivity index (χ1) is 11.7. The lowest BCUT2D eigenvalue weighted by molar-refractivity contribution is 0.0694. The molecule has 0 radical (unpaired) electrons. The van der Waals surface area contributed by atoms with Crippen LogP contribution in [0.2, 0.25) is 0 Å². The summed E-state index contributed by atoms with van der Waals surface area (Å²) < 4.78 is 14.2. The molecule has 1 aliphatic heterocycles. The van der Waals surface area contributed by atoms with E-state index in [4.69, 9.17) is 0 Å². The normalized spacial score (nSPS) is 19.3. The van der Waals surface area contributed by atoms with Crippen LogP contribution in [0.1, 0.15) is 17.3 Å². The molecule has 1 aromatic carbocycles. The zero-order valence-electron chi connectivity index (χ0n) is 13.4. The Kier molecular flexibility index (Phi) is 4.42. The quantitative estimate of drug-likeness (QED) is 0.668. The average Bonchev–Trinajstić information content (AvgIpc) is 2.54. The molecular weight excluding hydrogens is 349 g/mol. The number of carbonyl (C=O) groups is 1. The van der Waals surface area contributed by atoms with E-state index < -0.39 is 25.2 Å². The van der Waals surface area contributed by atoms with Crippen molar-refractivity contribution in [2.24, 2.45) is 0 Å². The first-order valence-electron chi connectivity index (χ1n) is 7.65. The van der Waals surface area contributed by atoms with Crippen LogP contribution in [0.5, 0.6) is 0 Å². The fourth-order valence-corrected chi connectivity index (χ4v) is 4.10. The molecule has 2 heterocycles. The lowest BCUT2D eigenvalue weighted by Gasteiger charge is -2.41. The molecule has 0 spiro atoms. The summed E-state index contributed by atoms with van der Waals surface area (Å²) in [4.78, 5) is 42.5. The van der Waals surface area contributed by atoms with Crippen molar-refractivity contribution >= 4 is 24.6 Å². The minimum atomic E-state index is -4.34. The highest BCUT2D eigenvalue weighted by Crippen LogP contribution is 2.42. The number of fused-ring (bicyclic) bond motifs is 1. The van der Waals surface area contributed by atoms with Gasteiger partial charge in [-0.2, -0.15) is 0 Å². The molecule has 0 aliphatic carbocycles. The molecule has 10 heteroatoms. The van der Waals surface area contributed by atoms with Gasteiger partial charge in [-0.3, -0.25) is 9.47 Å². The number of carboxylic acid groups (broad SMARTS) is 1. The number of rotatable bonds is 3. The smallest absolute Gasteiger partial charge is 0.403 e. The Morgan fingerprint density at radius 3 is 2.52 bits per heavy atom. The molecule has 3 N–H and O–H groups in total. The molecule has 25 heavy (non-hydrogen) atoms. The summed E-state index contributed by atoms with van der Waals surface area (Å²) in [5.74, 6) is -1.31. The number of para-hydroxylation sites is 1. The van der Waals surface area contributed by atoms with Crippen molar-refractivity contribution in [1.29, 1.82) is 0 Å². The molecule has 3 rings (SSSR count). The predicted octanol–water partition coefficient (Wildman–Crippen LogP) is 0.434. The van der Waals surface area contributed by atoms with Crippen LogP contribution < -0.4 is 10.4 Å². The molecule has 0 bridgehead atoms. The highest BCUT2D eigenvalue weighted by Gasteiger charge is 2.35. The van der Waals surface area contributed by atoms with Crippen molar-refractivity contribution in [2.45, 2.75) is 13.0 Å². The largest absolute Gasteiger partial charge is 0.477 e. The zero-order chi connectivity index (χ0) is 18.4. The maximum absolute atomic E-state index is 12.3. The molecule has 134 valence electrons. The van der Waals surface area contributed by atoms with Gasteiger partial charge in [0.2, 0.25) is 5.43 Å². The van der Waals surface area contributed by atoms with E-state index in [9.17, 15) is 29.0 Å². The second-order valence-corrected chi connectivity index (χ2v) is 7.52. The Morgan fingerprint density at radius 1 is 1.24 bits per heavy atom. The van der Waals surface area contributed by atoms with E-state index in [2.05, 4.69) is 0 Å². The summed E-state index contributed by atoms with van der Waals surface area (Å²) in [6.07, 6.45) is 1.27. The first kappa shape index (κ1) is 17.6. The van der Waals surface area contributed by atoms with Crippen LogP contribution in [0.15, 0.2) is 35.3 Å². The average molecular weight is 367 g/mol. The van der Waals surface area contributed by atoms with Gasteiger partial charge in [0.1, 0.15) is 5.56 Å². The minimum absolute atomic E-state index is 0.119. The van der Waals surface area contributed by atoms with Crippen LogP contribution in [0.25, 0.3) is 10.9 Å². The van der Waals surface area contributed by atoms with E-state index in [1.807, 2.05) is 0 Å². The third-order valence-corrected chi connectivity index (χ3v) is 5.60. The number of hydrogen-bond acceptors (Lipinski definition) is 4. The van der Waals surface area contributed by atoms with Gasteiger partial charge >= 0.3 is 13.7 Å². The number of nitrogens with zero attached hydrogens (tertiary/aromatic N) is 3. The Morgan fingerprint density at radius 2 is 1.92 bits per heavy atom. The standard InChI is InChI=1S/C15H18N3O6P/c1-10-8-16(6-7-18(10)25(22,23)24)17-9-12(15(20)21)14(19)11-4-2-3-5-13(11)17/h2-5,9-10H,6-8H2,1H3,(H,20,21)(H2,22,23,24). The van der Waals surface area contributed by atoms with E-state index in [1.54, 1.807) is 40.9 Å². The van der Waals surface area contributed by atoms with Crippen LogP contribution in [-0.2, 0) is 4.57 Å². The van der Waals surface area contributed by atoms with Gasteiger partial charge in [0.05, 0.1) is 12.1 Å². The van der Waals surface area contributed by atoms with Gasteiger partial charge in [0.15, 0.2) is 0 Å². The molecule has 0 saturated carbocycles. The molecule has 1 aromatic heterocycles. The highest BCUT2D eigenvalue weighted by atomic mass is 31.2. The van der Waals surface area contributed by atoms with E-state index in [-0.39, 0.29) is 30.6 Å². The van der Waals surface area contributed by atoms with Crippen molar-refractivity contribution < 1.29 is 24.3 Å². The number of aromatic nitrogens is 1. The van der Waals surface area contributed by atoms with Gasteiger partial charge in [-0.1, -0.05) is 12.1 Å². The third-order valence-electron chi connectivity index (χ3n) is 4.33. The Labute approximate surface area is 142 Å². The maximum atomic E-state index is 12.3. The molecule has 1 atom stereocenters. The number of benzene rings is 1. The molecule has 2 aromatic rings. The monoisotopic (exact) mass is 367 g/mol. The molecule has 1 saturated heterocycles. The summed E-state index contributed by atoms with van der Waals surface area (Å²) in [6, 6.07) is 6.24. The zero-order valence-corrected chi connectivity index (χ0v) is 14.3. The fourth-order valence-electron chi connectivity index (χ4n) is 3.16. The van der Waals surface area contributed by atoms with Crippen molar-refractivity contribution in [3.63, 3.8) is 0 Å². The third kappa shape index (κ3) is 3.19. The Balaban J connectivity index is 2.08. The van der Waals surface area contributed by atoms with Crippen LogP contribution in [0.4, 0.5) is 0 Å². The molecule has 1 aliphatic rings. The topological polar surface area (TPSA) is 123 Å². The SMILES string of the molecule is CC1CN(n2cc(C(=O)O)c(=O)c3ccccc32)CCN1P(=O)(O)O. The molecule has 0 amide bonds. The van der Waals surface area contributed by atoms with Gasteiger partial charge in [0, 0.05) is 30.7 Å². The summed E-state index contributed by atoms with van der Waals surface area (Å²) in [5.41, 5.74) is -0.348. The van der Waals surface area contributed by atoms with Crippen LogP contribution in [0, 0.1) is 0 Å². The molecule has 1 fully saturated rings. The van der Waals surface area contributed by atoms with Gasteiger partial charge in [-0.25, -0.2) is 14.0 Å². The van der Waals surface area contributed by atoms with Crippen molar-refractivity contribution in [2.75, 3.05) is 24.6 Å². The van der Waals surface area contributed by atoms with Gasteiger partial charge in [-0.05, 0) is 19.1 Å². The van der Waals surface area contributed by atoms with Gasteiger partial charge in [-0.15, -0.1) is 0 Å². The number of piperazine rings is 1. The summed E-state index contributed by atoms with van der Waals surface area (Å²) in [6.45, 7) is 2.36. The molecular formula is C15H18N3O6P. The maximum Gasteiger partial charge on any atom is 0.403 e. The number of pyridine rings is 1. The van der Waals surface area contributed by atoms with Gasteiger partial charge in [0.25, 0.3) is 0 Å². The van der Waals surface area contributed by atoms with Crippen molar-refractivity contribution in [3.05, 3.63) is 46.2 Å². The summed E-state index contributed by atoms with van der Waals surface area (Å²) in [7, 11) is -4.34. The van der Waals surface area contributed by atoms with Gasteiger partial charge < -0.3 is 19.9 Å². The Bertz CT molecular complexity index is 936. The van der Waals surface area contributed by atoms with Crippen molar-refractivity contribution in [3.8, 4) is 0 Å². The van der Waals surface area contributed by atoms with Crippen LogP contribution >= 0.6 is 7.75 Å². The van der Waals surface area contributed by atoms with E-state index in [1.165, 1.54) is 6.20 Å².